The first kappa shape index (κ1) is 21.0. The molecule has 29 heavy (non-hydrogen) atoms. The van der Waals surface area contributed by atoms with Crippen LogP contribution in [0.25, 0.3) is 6.08 Å². The molecule has 2 N–H and O–H groups in total. The summed E-state index contributed by atoms with van der Waals surface area (Å²) in [5.74, 6) is -0.0986. The Hall–Kier alpha value is -2.74. The van der Waals surface area contributed by atoms with Gasteiger partial charge in [-0.1, -0.05) is 31.4 Å². The van der Waals surface area contributed by atoms with Crippen molar-refractivity contribution in [2.24, 2.45) is 5.92 Å². The lowest BCUT2D eigenvalue weighted by atomic mass is 9.86. The van der Waals surface area contributed by atoms with Gasteiger partial charge >= 0.3 is 12.0 Å². The van der Waals surface area contributed by atoms with E-state index in [1.807, 2.05) is 0 Å². The van der Waals surface area contributed by atoms with E-state index in [9.17, 15) is 14.4 Å². The van der Waals surface area contributed by atoms with E-state index < -0.39 is 24.5 Å². The number of carbonyl (C=O) groups excluding carboxylic acids is 3. The molecule has 156 valence electrons. The summed E-state index contributed by atoms with van der Waals surface area (Å²) >= 11 is 6.07. The number of carbonyl (C=O) groups is 3. The fraction of sp³-hybridized carbons (Fsp3) is 0.450. The average Bonchev–Trinajstić information content (AvgIpc) is 3.16. The predicted molar refractivity (Wildman–Crippen MR) is 106 cm³/mol. The molecular weight excluding hydrogens is 400 g/mol. The third-order valence-electron chi connectivity index (χ3n) is 4.89. The topological polar surface area (TPSA) is 103 Å². The van der Waals surface area contributed by atoms with Crippen molar-refractivity contribution in [2.75, 3.05) is 13.4 Å². The first-order valence-electron chi connectivity index (χ1n) is 9.46. The fourth-order valence-electron chi connectivity index (χ4n) is 3.33. The normalized spacial score (nSPS) is 20.3. The molecule has 0 bridgehead atoms. The minimum absolute atomic E-state index is 0.0514. The number of esters is 1. The van der Waals surface area contributed by atoms with Crippen molar-refractivity contribution < 1.29 is 28.6 Å². The molecule has 0 aromatic heterocycles. The predicted octanol–water partition coefficient (Wildman–Crippen LogP) is 3.03. The smallest absolute Gasteiger partial charge is 0.331 e. The maximum Gasteiger partial charge on any atom is 0.331 e. The van der Waals surface area contributed by atoms with Crippen LogP contribution < -0.4 is 20.1 Å². The van der Waals surface area contributed by atoms with Gasteiger partial charge in [0.15, 0.2) is 18.1 Å². The summed E-state index contributed by atoms with van der Waals surface area (Å²) < 4.78 is 15.3. The van der Waals surface area contributed by atoms with Crippen molar-refractivity contribution in [1.29, 1.82) is 0 Å². The van der Waals surface area contributed by atoms with Crippen LogP contribution in [0.5, 0.6) is 11.5 Å². The lowest BCUT2D eigenvalue weighted by Gasteiger charge is -2.29. The molecule has 1 fully saturated rings. The van der Waals surface area contributed by atoms with E-state index >= 15 is 0 Å². The van der Waals surface area contributed by atoms with Crippen LogP contribution in [0.4, 0.5) is 4.79 Å². The second-order valence-corrected chi connectivity index (χ2v) is 7.47. The lowest BCUT2D eigenvalue weighted by Crippen LogP contribution is -2.48. The second kappa shape index (κ2) is 9.65. The van der Waals surface area contributed by atoms with Gasteiger partial charge in [0.1, 0.15) is 0 Å². The molecule has 3 amide bonds. The van der Waals surface area contributed by atoms with Crippen LogP contribution in [0.1, 0.15) is 38.2 Å². The van der Waals surface area contributed by atoms with E-state index in [1.54, 1.807) is 12.1 Å². The minimum Gasteiger partial charge on any atom is -0.454 e. The highest BCUT2D eigenvalue weighted by Crippen LogP contribution is 2.40. The minimum atomic E-state index is -0.727. The van der Waals surface area contributed by atoms with Crippen molar-refractivity contribution in [3.63, 3.8) is 0 Å². The molecule has 0 radical (unpaired) electrons. The Morgan fingerprint density at radius 3 is 2.83 bits per heavy atom. The molecule has 1 aliphatic carbocycles. The molecule has 0 saturated heterocycles. The van der Waals surface area contributed by atoms with Gasteiger partial charge in [-0.05, 0) is 42.5 Å². The first-order chi connectivity index (χ1) is 13.9. The maximum absolute atomic E-state index is 11.9. The summed E-state index contributed by atoms with van der Waals surface area (Å²) in [6, 6.07) is 2.76. The van der Waals surface area contributed by atoms with Crippen LogP contribution in [0.2, 0.25) is 5.02 Å². The van der Waals surface area contributed by atoms with E-state index in [2.05, 4.69) is 17.6 Å². The third kappa shape index (κ3) is 5.87. The standard InChI is InChI=1S/C20H23ClN2O6/c1-12-4-2-3-5-15(12)22-20(26)23-17(24)10-27-18(25)7-6-13-8-14(21)19-16(9-13)28-11-29-19/h6-9,12,15H,2-5,10-11H2,1H3,(H2,22,23,24,26)/b7-6+/t12-,15-/m0/s1. The average molecular weight is 423 g/mol. The summed E-state index contributed by atoms with van der Waals surface area (Å²) in [5.41, 5.74) is 0.613. The van der Waals surface area contributed by atoms with Crippen molar-refractivity contribution in [3.8, 4) is 11.5 Å². The molecule has 1 aromatic rings. The van der Waals surface area contributed by atoms with Crippen molar-refractivity contribution >= 4 is 35.6 Å². The number of ether oxygens (including phenoxy) is 3. The van der Waals surface area contributed by atoms with Crippen molar-refractivity contribution in [1.82, 2.24) is 10.6 Å². The third-order valence-corrected chi connectivity index (χ3v) is 5.17. The number of amides is 3. The summed E-state index contributed by atoms with van der Waals surface area (Å²) in [5, 5.41) is 5.34. The number of imide groups is 1. The summed E-state index contributed by atoms with van der Waals surface area (Å²) in [6.07, 6.45) is 6.80. The summed E-state index contributed by atoms with van der Waals surface area (Å²) in [4.78, 5) is 35.5. The Morgan fingerprint density at radius 1 is 1.24 bits per heavy atom. The van der Waals surface area contributed by atoms with Gasteiger partial charge in [0.2, 0.25) is 6.79 Å². The van der Waals surface area contributed by atoms with Crippen molar-refractivity contribution in [2.45, 2.75) is 38.6 Å². The van der Waals surface area contributed by atoms with Gasteiger partial charge in [0.05, 0.1) is 5.02 Å². The molecule has 1 aliphatic heterocycles. The van der Waals surface area contributed by atoms with Gasteiger partial charge in [-0.25, -0.2) is 9.59 Å². The van der Waals surface area contributed by atoms with E-state index in [0.717, 1.165) is 31.8 Å². The number of urea groups is 1. The molecule has 3 rings (SSSR count). The zero-order valence-electron chi connectivity index (χ0n) is 16.0. The molecule has 1 saturated carbocycles. The maximum atomic E-state index is 11.9. The molecule has 8 nitrogen and oxygen atoms in total. The van der Waals surface area contributed by atoms with E-state index in [0.29, 0.717) is 28.0 Å². The Labute approximate surface area is 173 Å². The number of fused-ring (bicyclic) bond motifs is 1. The molecule has 2 atom stereocenters. The van der Waals surface area contributed by atoms with Crippen LogP contribution in [0, 0.1) is 5.92 Å². The quantitative estimate of drug-likeness (QED) is 0.558. The Balaban J connectivity index is 1.42. The van der Waals surface area contributed by atoms with Crippen molar-refractivity contribution in [3.05, 3.63) is 28.8 Å². The number of halogens is 1. The Kier molecular flexibility index (Phi) is 6.98. The largest absolute Gasteiger partial charge is 0.454 e. The highest BCUT2D eigenvalue weighted by atomic mass is 35.5. The SMILES string of the molecule is C[C@H]1CCCC[C@@H]1NC(=O)NC(=O)COC(=O)/C=C/c1cc(Cl)c2c(c1)OCO2. The van der Waals surface area contributed by atoms with Crippen LogP contribution in [-0.2, 0) is 14.3 Å². The van der Waals surface area contributed by atoms with E-state index in [4.69, 9.17) is 25.8 Å². The zero-order valence-corrected chi connectivity index (χ0v) is 16.8. The highest BCUT2D eigenvalue weighted by molar-refractivity contribution is 6.32. The number of rotatable bonds is 5. The van der Waals surface area contributed by atoms with Crippen LogP contribution in [-0.4, -0.2) is 37.3 Å². The molecule has 1 heterocycles. The molecule has 2 aliphatic rings. The number of nitrogens with one attached hydrogen (secondary N) is 2. The van der Waals surface area contributed by atoms with E-state index in [-0.39, 0.29) is 12.8 Å². The zero-order chi connectivity index (χ0) is 20.8. The Morgan fingerprint density at radius 2 is 2.03 bits per heavy atom. The fourth-order valence-corrected chi connectivity index (χ4v) is 3.60. The summed E-state index contributed by atoms with van der Waals surface area (Å²) in [7, 11) is 0. The molecule has 0 unspecified atom stereocenters. The Bertz CT molecular complexity index is 825. The number of hydrogen-bond donors (Lipinski definition) is 2. The molecule has 1 aromatic carbocycles. The first-order valence-corrected chi connectivity index (χ1v) is 9.84. The second-order valence-electron chi connectivity index (χ2n) is 7.07. The van der Waals surface area contributed by atoms with Gasteiger partial charge in [-0.15, -0.1) is 0 Å². The summed E-state index contributed by atoms with van der Waals surface area (Å²) in [6.45, 7) is 1.61. The monoisotopic (exact) mass is 422 g/mol. The number of hydrogen-bond acceptors (Lipinski definition) is 6. The van der Waals surface area contributed by atoms with Crippen LogP contribution in [0.3, 0.4) is 0 Å². The van der Waals surface area contributed by atoms with Crippen LogP contribution in [0.15, 0.2) is 18.2 Å². The van der Waals surface area contributed by atoms with E-state index in [1.165, 1.54) is 6.08 Å². The molecule has 0 spiro atoms. The molecular formula is C20H23ClN2O6. The van der Waals surface area contributed by atoms with Gasteiger partial charge < -0.3 is 19.5 Å². The number of benzene rings is 1. The van der Waals surface area contributed by atoms with Crippen LogP contribution >= 0.6 is 11.6 Å². The van der Waals surface area contributed by atoms with Gasteiger partial charge in [-0.2, -0.15) is 0 Å². The molecule has 9 heteroatoms. The van der Waals surface area contributed by atoms with Gasteiger partial charge in [-0.3, -0.25) is 10.1 Å². The van der Waals surface area contributed by atoms with Gasteiger partial charge in [0.25, 0.3) is 5.91 Å². The highest BCUT2D eigenvalue weighted by Gasteiger charge is 2.23. The lowest BCUT2D eigenvalue weighted by molar-refractivity contribution is -0.143. The van der Waals surface area contributed by atoms with Gasteiger partial charge in [0, 0.05) is 12.1 Å².